The second-order valence-electron chi connectivity index (χ2n) is 5.98. The van der Waals surface area contributed by atoms with Crippen LogP contribution in [0.3, 0.4) is 0 Å². The van der Waals surface area contributed by atoms with Crippen LogP contribution in [-0.4, -0.2) is 13.0 Å². The standard InChI is InChI=1S/C19H21NO2/c1-14-4-3-5-15(12-14)13-20-18(21)19(10-11-19)16-6-8-17(22-2)9-7-16/h3-9,12H,10-11,13H2,1-2H3,(H,20,21). The topological polar surface area (TPSA) is 38.3 Å². The largest absolute Gasteiger partial charge is 0.497 e. The van der Waals surface area contributed by atoms with Gasteiger partial charge < -0.3 is 10.1 Å². The Balaban J connectivity index is 1.68. The highest BCUT2D eigenvalue weighted by Gasteiger charge is 2.51. The molecule has 0 bridgehead atoms. The second kappa shape index (κ2) is 5.84. The van der Waals surface area contributed by atoms with Gasteiger partial charge in [-0.25, -0.2) is 0 Å². The van der Waals surface area contributed by atoms with Crippen molar-refractivity contribution in [2.24, 2.45) is 0 Å². The van der Waals surface area contributed by atoms with Gasteiger partial charge in [0.05, 0.1) is 12.5 Å². The SMILES string of the molecule is COc1ccc(C2(C(=O)NCc3cccc(C)c3)CC2)cc1. The summed E-state index contributed by atoms with van der Waals surface area (Å²) in [6.07, 6.45) is 1.83. The summed E-state index contributed by atoms with van der Waals surface area (Å²) in [7, 11) is 1.65. The summed E-state index contributed by atoms with van der Waals surface area (Å²) in [4.78, 5) is 12.6. The summed E-state index contributed by atoms with van der Waals surface area (Å²) < 4.78 is 5.18. The molecule has 0 heterocycles. The molecular weight excluding hydrogens is 274 g/mol. The number of carbonyl (C=O) groups is 1. The Hall–Kier alpha value is -2.29. The maximum atomic E-state index is 12.6. The van der Waals surface area contributed by atoms with E-state index in [1.807, 2.05) is 36.4 Å². The zero-order valence-corrected chi connectivity index (χ0v) is 13.1. The van der Waals surface area contributed by atoms with E-state index < -0.39 is 0 Å². The maximum absolute atomic E-state index is 12.6. The average molecular weight is 295 g/mol. The van der Waals surface area contributed by atoms with Crippen LogP contribution >= 0.6 is 0 Å². The van der Waals surface area contributed by atoms with E-state index >= 15 is 0 Å². The van der Waals surface area contributed by atoms with E-state index in [1.165, 1.54) is 5.56 Å². The predicted octanol–water partition coefficient (Wildman–Crippen LogP) is 3.35. The van der Waals surface area contributed by atoms with Crippen LogP contribution in [0.4, 0.5) is 0 Å². The fraction of sp³-hybridized carbons (Fsp3) is 0.316. The van der Waals surface area contributed by atoms with Crippen molar-refractivity contribution in [3.8, 4) is 5.75 Å². The summed E-state index contributed by atoms with van der Waals surface area (Å²) in [5.74, 6) is 0.943. The molecule has 0 spiro atoms. The van der Waals surface area contributed by atoms with Crippen molar-refractivity contribution in [1.29, 1.82) is 0 Å². The van der Waals surface area contributed by atoms with Crippen molar-refractivity contribution >= 4 is 5.91 Å². The minimum atomic E-state index is -0.337. The van der Waals surface area contributed by atoms with Crippen LogP contribution in [0.15, 0.2) is 48.5 Å². The number of amides is 1. The Morgan fingerprint density at radius 3 is 2.50 bits per heavy atom. The molecule has 2 aromatic carbocycles. The second-order valence-corrected chi connectivity index (χ2v) is 5.98. The Kier molecular flexibility index (Phi) is 3.88. The molecule has 1 amide bonds. The lowest BCUT2D eigenvalue weighted by atomic mass is 9.95. The normalized spacial score (nSPS) is 15.2. The van der Waals surface area contributed by atoms with E-state index in [1.54, 1.807) is 7.11 Å². The number of methoxy groups -OCH3 is 1. The Morgan fingerprint density at radius 1 is 1.18 bits per heavy atom. The first-order valence-electron chi connectivity index (χ1n) is 7.62. The van der Waals surface area contributed by atoms with Crippen molar-refractivity contribution < 1.29 is 9.53 Å². The molecule has 3 heteroatoms. The van der Waals surface area contributed by atoms with Crippen molar-refractivity contribution in [2.75, 3.05) is 7.11 Å². The van der Waals surface area contributed by atoms with Gasteiger partial charge in [-0.3, -0.25) is 4.79 Å². The van der Waals surface area contributed by atoms with Gasteiger partial charge in [-0.1, -0.05) is 42.0 Å². The number of carbonyl (C=O) groups excluding carboxylic acids is 1. The number of ether oxygens (including phenoxy) is 1. The first-order valence-corrected chi connectivity index (χ1v) is 7.62. The summed E-state index contributed by atoms with van der Waals surface area (Å²) >= 11 is 0. The molecule has 22 heavy (non-hydrogen) atoms. The highest BCUT2D eigenvalue weighted by molar-refractivity contribution is 5.91. The van der Waals surface area contributed by atoms with Crippen molar-refractivity contribution in [3.05, 3.63) is 65.2 Å². The lowest BCUT2D eigenvalue weighted by Gasteiger charge is -2.16. The smallest absolute Gasteiger partial charge is 0.230 e. The molecule has 0 aliphatic heterocycles. The zero-order chi connectivity index (χ0) is 15.6. The minimum Gasteiger partial charge on any atom is -0.497 e. The van der Waals surface area contributed by atoms with Gasteiger partial charge in [0.1, 0.15) is 5.75 Å². The van der Waals surface area contributed by atoms with Crippen LogP contribution in [0, 0.1) is 6.92 Å². The molecule has 0 radical (unpaired) electrons. The van der Waals surface area contributed by atoms with Crippen molar-refractivity contribution in [3.63, 3.8) is 0 Å². The molecule has 1 N–H and O–H groups in total. The molecule has 0 unspecified atom stereocenters. The summed E-state index contributed by atoms with van der Waals surface area (Å²) in [6, 6.07) is 16.1. The number of aryl methyl sites for hydroxylation is 1. The van der Waals surface area contributed by atoms with Crippen molar-refractivity contribution in [2.45, 2.75) is 31.7 Å². The Labute approximate surface area is 131 Å². The quantitative estimate of drug-likeness (QED) is 0.918. The van der Waals surface area contributed by atoms with Gasteiger partial charge in [0.2, 0.25) is 5.91 Å². The van der Waals surface area contributed by atoms with Crippen LogP contribution in [0.1, 0.15) is 29.5 Å². The third kappa shape index (κ3) is 2.84. The first kappa shape index (κ1) is 14.6. The molecule has 0 aromatic heterocycles. The molecular formula is C19H21NO2. The van der Waals surface area contributed by atoms with Crippen LogP contribution in [-0.2, 0) is 16.8 Å². The van der Waals surface area contributed by atoms with E-state index in [-0.39, 0.29) is 11.3 Å². The van der Waals surface area contributed by atoms with Crippen LogP contribution in [0.25, 0.3) is 0 Å². The Morgan fingerprint density at radius 2 is 1.91 bits per heavy atom. The monoisotopic (exact) mass is 295 g/mol. The van der Waals surface area contributed by atoms with E-state index in [9.17, 15) is 4.79 Å². The number of benzene rings is 2. The molecule has 0 saturated heterocycles. The lowest BCUT2D eigenvalue weighted by molar-refractivity contribution is -0.123. The van der Waals surface area contributed by atoms with Gasteiger partial charge in [0.15, 0.2) is 0 Å². The fourth-order valence-electron chi connectivity index (χ4n) is 2.86. The number of rotatable bonds is 5. The molecule has 3 nitrogen and oxygen atoms in total. The van der Waals surface area contributed by atoms with Gasteiger partial charge in [-0.15, -0.1) is 0 Å². The highest BCUT2D eigenvalue weighted by atomic mass is 16.5. The van der Waals surface area contributed by atoms with Crippen molar-refractivity contribution in [1.82, 2.24) is 5.32 Å². The molecule has 1 saturated carbocycles. The molecule has 114 valence electrons. The fourth-order valence-corrected chi connectivity index (χ4v) is 2.86. The molecule has 2 aromatic rings. The number of hydrogen-bond donors (Lipinski definition) is 1. The summed E-state index contributed by atoms with van der Waals surface area (Å²) in [6.45, 7) is 2.64. The van der Waals surface area contributed by atoms with E-state index in [2.05, 4.69) is 24.4 Å². The number of hydrogen-bond acceptors (Lipinski definition) is 2. The van der Waals surface area contributed by atoms with E-state index in [0.717, 1.165) is 29.7 Å². The predicted molar refractivity (Wildman–Crippen MR) is 86.9 cm³/mol. The molecule has 1 aliphatic carbocycles. The molecule has 1 aliphatic rings. The van der Waals surface area contributed by atoms with Gasteiger partial charge in [-0.2, -0.15) is 0 Å². The Bertz CT molecular complexity index is 672. The zero-order valence-electron chi connectivity index (χ0n) is 13.1. The summed E-state index contributed by atoms with van der Waals surface area (Å²) in [5.41, 5.74) is 3.09. The first-order chi connectivity index (χ1) is 10.6. The van der Waals surface area contributed by atoms with Crippen LogP contribution in [0.2, 0.25) is 0 Å². The van der Waals surface area contributed by atoms with Crippen LogP contribution in [0.5, 0.6) is 5.75 Å². The third-order valence-electron chi connectivity index (χ3n) is 4.36. The highest BCUT2D eigenvalue weighted by Crippen LogP contribution is 2.48. The van der Waals surface area contributed by atoms with E-state index in [4.69, 9.17) is 4.74 Å². The van der Waals surface area contributed by atoms with Gasteiger partial charge in [0, 0.05) is 6.54 Å². The van der Waals surface area contributed by atoms with Gasteiger partial charge >= 0.3 is 0 Å². The molecule has 3 rings (SSSR count). The maximum Gasteiger partial charge on any atom is 0.230 e. The van der Waals surface area contributed by atoms with E-state index in [0.29, 0.717) is 6.54 Å². The number of nitrogens with one attached hydrogen (secondary N) is 1. The van der Waals surface area contributed by atoms with Gasteiger partial charge in [-0.05, 0) is 43.0 Å². The average Bonchev–Trinajstić information content (AvgIpc) is 3.35. The minimum absolute atomic E-state index is 0.124. The lowest BCUT2D eigenvalue weighted by Crippen LogP contribution is -2.34. The van der Waals surface area contributed by atoms with Crippen LogP contribution < -0.4 is 10.1 Å². The molecule has 0 atom stereocenters. The van der Waals surface area contributed by atoms with Gasteiger partial charge in [0.25, 0.3) is 0 Å². The molecule has 1 fully saturated rings. The summed E-state index contributed by atoms with van der Waals surface area (Å²) in [5, 5.41) is 3.09. The third-order valence-corrected chi connectivity index (χ3v) is 4.36.